The Morgan fingerprint density at radius 3 is 2.74 bits per heavy atom. The summed E-state index contributed by atoms with van der Waals surface area (Å²) in [5.41, 5.74) is 3.12. The lowest BCUT2D eigenvalue weighted by Gasteiger charge is -2.16. The summed E-state index contributed by atoms with van der Waals surface area (Å²) in [5, 5.41) is 9.98. The molecule has 102 valence electrons. The van der Waals surface area contributed by atoms with E-state index in [4.69, 9.17) is 4.74 Å². The van der Waals surface area contributed by atoms with Crippen molar-refractivity contribution >= 4 is 0 Å². The molecule has 0 aliphatic heterocycles. The smallest absolute Gasteiger partial charge is 0.141 e. The third-order valence-corrected chi connectivity index (χ3v) is 3.26. The lowest BCUT2D eigenvalue weighted by Crippen LogP contribution is -2.21. The van der Waals surface area contributed by atoms with Crippen molar-refractivity contribution in [1.82, 2.24) is 25.5 Å². The number of aromatic amines is 1. The second-order valence-electron chi connectivity index (χ2n) is 4.46. The third-order valence-electron chi connectivity index (χ3n) is 3.26. The normalized spacial score (nSPS) is 12.4. The van der Waals surface area contributed by atoms with Gasteiger partial charge < -0.3 is 10.1 Å². The molecule has 2 aromatic rings. The predicted octanol–water partition coefficient (Wildman–Crippen LogP) is 1.33. The molecule has 0 aromatic carbocycles. The van der Waals surface area contributed by atoms with Gasteiger partial charge in [-0.25, -0.2) is 4.98 Å². The van der Waals surface area contributed by atoms with Crippen molar-refractivity contribution in [3.63, 3.8) is 0 Å². The largest absolute Gasteiger partial charge is 0.496 e. The van der Waals surface area contributed by atoms with Crippen molar-refractivity contribution in [2.45, 2.75) is 26.3 Å². The van der Waals surface area contributed by atoms with Crippen LogP contribution in [-0.2, 0) is 6.42 Å². The molecule has 2 N–H and O–H groups in total. The molecule has 6 heteroatoms. The minimum atomic E-state index is 0.0566. The molecule has 19 heavy (non-hydrogen) atoms. The van der Waals surface area contributed by atoms with Crippen molar-refractivity contribution in [2.24, 2.45) is 0 Å². The number of hydrogen-bond donors (Lipinski definition) is 2. The maximum Gasteiger partial charge on any atom is 0.141 e. The summed E-state index contributed by atoms with van der Waals surface area (Å²) in [5.74, 6) is 1.71. The van der Waals surface area contributed by atoms with E-state index in [1.807, 2.05) is 27.1 Å². The van der Waals surface area contributed by atoms with Crippen LogP contribution in [0.3, 0.4) is 0 Å². The van der Waals surface area contributed by atoms with Gasteiger partial charge in [0.05, 0.1) is 13.2 Å². The highest BCUT2D eigenvalue weighted by Crippen LogP contribution is 2.26. The van der Waals surface area contributed by atoms with Crippen LogP contribution in [0.1, 0.15) is 28.7 Å². The van der Waals surface area contributed by atoms with Crippen LogP contribution < -0.4 is 10.1 Å². The highest BCUT2D eigenvalue weighted by molar-refractivity contribution is 5.41. The third kappa shape index (κ3) is 2.73. The Kier molecular flexibility index (Phi) is 4.11. The quantitative estimate of drug-likeness (QED) is 0.849. The summed E-state index contributed by atoms with van der Waals surface area (Å²) in [6.45, 7) is 4.02. The topological polar surface area (TPSA) is 75.7 Å². The summed E-state index contributed by atoms with van der Waals surface area (Å²) < 4.78 is 5.43. The number of ether oxygens (including phenoxy) is 1. The highest BCUT2D eigenvalue weighted by Gasteiger charge is 2.17. The van der Waals surface area contributed by atoms with Gasteiger partial charge in [-0.3, -0.25) is 10.1 Å². The maximum atomic E-state index is 5.43. The van der Waals surface area contributed by atoms with Crippen LogP contribution in [0.2, 0.25) is 0 Å². The number of nitrogens with zero attached hydrogens (tertiary/aromatic N) is 3. The molecular formula is C13H19N5O. The van der Waals surface area contributed by atoms with E-state index in [1.165, 1.54) is 6.33 Å². The van der Waals surface area contributed by atoms with Gasteiger partial charge in [-0.05, 0) is 20.9 Å². The van der Waals surface area contributed by atoms with E-state index in [1.54, 1.807) is 7.11 Å². The molecule has 0 radical (unpaired) electrons. The Balaban J connectivity index is 2.28. The van der Waals surface area contributed by atoms with Crippen molar-refractivity contribution in [2.75, 3.05) is 14.2 Å². The second-order valence-corrected chi connectivity index (χ2v) is 4.46. The molecule has 0 saturated carbocycles. The molecule has 0 amide bonds. The van der Waals surface area contributed by atoms with Gasteiger partial charge in [0.15, 0.2) is 0 Å². The lowest BCUT2D eigenvalue weighted by molar-refractivity contribution is 0.406. The number of H-pyrrole nitrogens is 1. The average Bonchev–Trinajstić information content (AvgIpc) is 2.92. The molecule has 1 unspecified atom stereocenters. The zero-order chi connectivity index (χ0) is 13.8. The second kappa shape index (κ2) is 5.79. The maximum absolute atomic E-state index is 5.43. The summed E-state index contributed by atoms with van der Waals surface area (Å²) in [4.78, 5) is 8.69. The van der Waals surface area contributed by atoms with E-state index in [0.29, 0.717) is 0 Å². The summed E-state index contributed by atoms with van der Waals surface area (Å²) in [7, 11) is 3.58. The molecule has 0 spiro atoms. The van der Waals surface area contributed by atoms with Crippen LogP contribution >= 0.6 is 0 Å². The molecule has 2 rings (SSSR count). The van der Waals surface area contributed by atoms with Gasteiger partial charge in [-0.1, -0.05) is 0 Å². The molecular weight excluding hydrogens is 242 g/mol. The summed E-state index contributed by atoms with van der Waals surface area (Å²) in [6.07, 6.45) is 4.08. The van der Waals surface area contributed by atoms with E-state index < -0.39 is 0 Å². The van der Waals surface area contributed by atoms with Crippen molar-refractivity contribution < 1.29 is 4.74 Å². The van der Waals surface area contributed by atoms with Gasteiger partial charge in [0.25, 0.3) is 0 Å². The number of rotatable bonds is 5. The van der Waals surface area contributed by atoms with Crippen molar-refractivity contribution in [1.29, 1.82) is 0 Å². The molecule has 0 bridgehead atoms. The van der Waals surface area contributed by atoms with Crippen LogP contribution in [0.15, 0.2) is 12.5 Å². The number of pyridine rings is 1. The first-order valence-electron chi connectivity index (χ1n) is 6.19. The number of aromatic nitrogens is 4. The molecule has 2 aromatic heterocycles. The fraction of sp³-hybridized carbons (Fsp3) is 0.462. The molecule has 0 aliphatic carbocycles. The molecule has 1 atom stereocenters. The number of hydrogen-bond acceptors (Lipinski definition) is 5. The Morgan fingerprint density at radius 1 is 1.37 bits per heavy atom. The molecule has 0 aliphatic rings. The molecule has 2 heterocycles. The summed E-state index contributed by atoms with van der Waals surface area (Å²) in [6, 6.07) is 0.0566. The van der Waals surface area contributed by atoms with Gasteiger partial charge in [-0.2, -0.15) is 5.10 Å². The first-order chi connectivity index (χ1) is 9.17. The Bertz CT molecular complexity index is 538. The monoisotopic (exact) mass is 261 g/mol. The predicted molar refractivity (Wildman–Crippen MR) is 72.2 cm³/mol. The zero-order valence-corrected chi connectivity index (χ0v) is 11.7. The molecule has 6 nitrogen and oxygen atoms in total. The average molecular weight is 261 g/mol. The lowest BCUT2D eigenvalue weighted by atomic mass is 10.0. The Morgan fingerprint density at radius 2 is 2.16 bits per heavy atom. The fourth-order valence-corrected chi connectivity index (χ4v) is 2.19. The Labute approximate surface area is 112 Å². The molecule has 0 saturated heterocycles. The highest BCUT2D eigenvalue weighted by atomic mass is 16.5. The van der Waals surface area contributed by atoms with Crippen molar-refractivity contribution in [3.8, 4) is 5.75 Å². The van der Waals surface area contributed by atoms with E-state index >= 15 is 0 Å². The van der Waals surface area contributed by atoms with Gasteiger partial charge in [0.2, 0.25) is 0 Å². The SMILES string of the molecule is CNC(Cc1ncc(C)c(OC)c1C)c1ncn[nH]1. The Hall–Kier alpha value is -1.95. The van der Waals surface area contributed by atoms with E-state index in [-0.39, 0.29) is 6.04 Å². The number of likely N-dealkylation sites (N-methyl/N-ethyl adjacent to an activating group) is 1. The van der Waals surface area contributed by atoms with E-state index in [2.05, 4.69) is 25.5 Å². The molecule has 0 fully saturated rings. The van der Waals surface area contributed by atoms with Crippen LogP contribution in [0.5, 0.6) is 5.75 Å². The number of aryl methyl sites for hydroxylation is 1. The zero-order valence-electron chi connectivity index (χ0n) is 11.7. The van der Waals surface area contributed by atoms with E-state index in [9.17, 15) is 0 Å². The number of methoxy groups -OCH3 is 1. The van der Waals surface area contributed by atoms with Gasteiger partial charge in [0.1, 0.15) is 17.9 Å². The van der Waals surface area contributed by atoms with Crippen LogP contribution in [0, 0.1) is 13.8 Å². The minimum Gasteiger partial charge on any atom is -0.496 e. The van der Waals surface area contributed by atoms with Gasteiger partial charge in [0, 0.05) is 29.4 Å². The minimum absolute atomic E-state index is 0.0566. The standard InChI is InChI=1S/C13H19N5O/c1-8-6-15-10(9(2)12(8)19-4)5-11(14-3)13-16-7-17-18-13/h6-7,11,14H,5H2,1-4H3,(H,16,17,18). The van der Waals surface area contributed by atoms with Gasteiger partial charge >= 0.3 is 0 Å². The van der Waals surface area contributed by atoms with Gasteiger partial charge in [-0.15, -0.1) is 0 Å². The first kappa shape index (κ1) is 13.5. The van der Waals surface area contributed by atoms with Crippen LogP contribution in [-0.4, -0.2) is 34.3 Å². The van der Waals surface area contributed by atoms with Crippen molar-refractivity contribution in [3.05, 3.63) is 35.2 Å². The summed E-state index contributed by atoms with van der Waals surface area (Å²) >= 11 is 0. The fourth-order valence-electron chi connectivity index (χ4n) is 2.19. The van der Waals surface area contributed by atoms with E-state index in [0.717, 1.165) is 34.8 Å². The van der Waals surface area contributed by atoms with Crippen LogP contribution in [0.4, 0.5) is 0 Å². The number of nitrogens with one attached hydrogen (secondary N) is 2. The first-order valence-corrected chi connectivity index (χ1v) is 6.19. The van der Waals surface area contributed by atoms with Crippen LogP contribution in [0.25, 0.3) is 0 Å².